The molecule has 2 unspecified atom stereocenters. The number of nitrogens with one attached hydrogen (secondary N) is 1. The lowest BCUT2D eigenvalue weighted by Gasteiger charge is -2.38. The maximum atomic E-state index is 14.1. The van der Waals surface area contributed by atoms with Crippen molar-refractivity contribution < 1.29 is 4.39 Å². The first kappa shape index (κ1) is 9.45. The highest BCUT2D eigenvalue weighted by Gasteiger charge is 2.39. The fourth-order valence-corrected chi connectivity index (χ4v) is 2.59. The van der Waals surface area contributed by atoms with Crippen molar-refractivity contribution in [2.75, 3.05) is 6.54 Å². The van der Waals surface area contributed by atoms with Crippen LogP contribution in [-0.2, 0) is 0 Å². The van der Waals surface area contributed by atoms with Gasteiger partial charge in [0.05, 0.1) is 0 Å². The summed E-state index contributed by atoms with van der Waals surface area (Å²) in [5, 5.41) is 3.38. The van der Waals surface area contributed by atoms with Crippen molar-refractivity contribution in [3.8, 4) is 0 Å². The third kappa shape index (κ3) is 2.04. The van der Waals surface area contributed by atoms with Crippen molar-refractivity contribution >= 4 is 0 Å². The van der Waals surface area contributed by atoms with E-state index < -0.39 is 5.67 Å². The molecule has 0 aromatic carbocycles. The summed E-state index contributed by atoms with van der Waals surface area (Å²) < 4.78 is 14.1. The summed E-state index contributed by atoms with van der Waals surface area (Å²) in [6.45, 7) is 2.89. The fraction of sp³-hybridized carbons (Fsp3) is 1.00. The van der Waals surface area contributed by atoms with Gasteiger partial charge < -0.3 is 5.32 Å². The molecule has 2 atom stereocenters. The Kier molecular flexibility index (Phi) is 2.59. The lowest BCUT2D eigenvalue weighted by molar-refractivity contribution is 0.0333. The molecule has 2 fully saturated rings. The minimum absolute atomic E-state index is 0.356. The molecule has 1 aliphatic carbocycles. The third-order valence-corrected chi connectivity index (χ3v) is 3.76. The van der Waals surface area contributed by atoms with E-state index in [0.29, 0.717) is 12.0 Å². The van der Waals surface area contributed by atoms with E-state index in [1.54, 1.807) is 6.92 Å². The van der Waals surface area contributed by atoms with Crippen LogP contribution in [0.4, 0.5) is 4.39 Å². The molecule has 0 spiro atoms. The summed E-state index contributed by atoms with van der Waals surface area (Å²) in [5.41, 5.74) is -0.903. The highest BCUT2D eigenvalue weighted by atomic mass is 19.1. The lowest BCUT2D eigenvalue weighted by atomic mass is 9.72. The number of halogens is 1. The molecule has 1 N–H and O–H groups in total. The van der Waals surface area contributed by atoms with E-state index in [9.17, 15) is 4.39 Å². The molecule has 1 heterocycles. The van der Waals surface area contributed by atoms with Gasteiger partial charge in [-0.15, -0.1) is 0 Å². The number of rotatable bonds is 3. The molecule has 13 heavy (non-hydrogen) atoms. The predicted molar refractivity (Wildman–Crippen MR) is 52.5 cm³/mol. The number of hydrogen-bond donors (Lipinski definition) is 1. The summed E-state index contributed by atoms with van der Waals surface area (Å²) >= 11 is 0. The van der Waals surface area contributed by atoms with Crippen LogP contribution in [0.25, 0.3) is 0 Å². The Morgan fingerprint density at radius 3 is 2.54 bits per heavy atom. The zero-order valence-corrected chi connectivity index (χ0v) is 8.48. The molecule has 2 rings (SSSR count). The molecule has 0 amide bonds. The smallest absolute Gasteiger partial charge is 0.112 e. The van der Waals surface area contributed by atoms with E-state index in [4.69, 9.17) is 0 Å². The van der Waals surface area contributed by atoms with Crippen molar-refractivity contribution in [3.63, 3.8) is 0 Å². The molecule has 2 aliphatic rings. The molecule has 1 nitrogen and oxygen atoms in total. The van der Waals surface area contributed by atoms with Crippen LogP contribution in [0.2, 0.25) is 0 Å². The van der Waals surface area contributed by atoms with Crippen molar-refractivity contribution in [1.29, 1.82) is 0 Å². The zero-order valence-electron chi connectivity index (χ0n) is 8.48. The summed E-state index contributed by atoms with van der Waals surface area (Å²) in [7, 11) is 0. The summed E-state index contributed by atoms with van der Waals surface area (Å²) in [6, 6.07) is 0.454. The van der Waals surface area contributed by atoms with Crippen molar-refractivity contribution in [2.45, 2.75) is 57.2 Å². The largest absolute Gasteiger partial charge is 0.314 e. The zero-order chi connectivity index (χ0) is 9.31. The molecule has 1 saturated heterocycles. The molecule has 0 radical (unpaired) electrons. The van der Waals surface area contributed by atoms with E-state index >= 15 is 0 Å². The van der Waals surface area contributed by atoms with E-state index in [0.717, 1.165) is 25.8 Å². The van der Waals surface area contributed by atoms with Gasteiger partial charge in [0.15, 0.2) is 0 Å². The predicted octanol–water partition coefficient (Wildman–Crippen LogP) is 2.66. The van der Waals surface area contributed by atoms with Crippen molar-refractivity contribution in [1.82, 2.24) is 5.32 Å². The molecule has 0 aromatic rings. The minimum atomic E-state index is -0.903. The molecule has 1 saturated carbocycles. The Hall–Kier alpha value is -0.110. The minimum Gasteiger partial charge on any atom is -0.314 e. The van der Waals surface area contributed by atoms with E-state index in [2.05, 4.69) is 5.32 Å². The maximum absolute atomic E-state index is 14.1. The average molecular weight is 185 g/mol. The van der Waals surface area contributed by atoms with Crippen LogP contribution in [0.3, 0.4) is 0 Å². The van der Waals surface area contributed by atoms with Crippen LogP contribution in [0, 0.1) is 5.92 Å². The Morgan fingerprint density at radius 1 is 1.31 bits per heavy atom. The first-order valence-corrected chi connectivity index (χ1v) is 5.61. The normalized spacial score (nSPS) is 34.2. The first-order chi connectivity index (χ1) is 6.18. The highest BCUT2D eigenvalue weighted by Crippen LogP contribution is 2.41. The second kappa shape index (κ2) is 3.56. The topological polar surface area (TPSA) is 12.0 Å². The lowest BCUT2D eigenvalue weighted by Crippen LogP contribution is -2.40. The van der Waals surface area contributed by atoms with Crippen LogP contribution in [0.5, 0.6) is 0 Å². The van der Waals surface area contributed by atoms with E-state index in [1.165, 1.54) is 19.3 Å². The monoisotopic (exact) mass is 185 g/mol. The van der Waals surface area contributed by atoms with Gasteiger partial charge in [-0.3, -0.25) is 0 Å². The molecule has 2 heteroatoms. The Morgan fingerprint density at radius 2 is 2.08 bits per heavy atom. The molecule has 76 valence electrons. The molecule has 0 bridgehead atoms. The van der Waals surface area contributed by atoms with Gasteiger partial charge in [0, 0.05) is 6.04 Å². The second-order valence-electron chi connectivity index (χ2n) is 4.90. The van der Waals surface area contributed by atoms with Crippen molar-refractivity contribution in [3.05, 3.63) is 0 Å². The van der Waals surface area contributed by atoms with Crippen molar-refractivity contribution in [2.24, 2.45) is 5.92 Å². The third-order valence-electron chi connectivity index (χ3n) is 3.76. The van der Waals surface area contributed by atoms with Gasteiger partial charge in [0.25, 0.3) is 0 Å². The Labute approximate surface area is 80.1 Å². The summed E-state index contributed by atoms with van der Waals surface area (Å²) in [4.78, 5) is 0. The van der Waals surface area contributed by atoms with Crippen LogP contribution in [0.15, 0.2) is 0 Å². The van der Waals surface area contributed by atoms with Gasteiger partial charge in [-0.25, -0.2) is 4.39 Å². The van der Waals surface area contributed by atoms with Gasteiger partial charge in [0.1, 0.15) is 5.67 Å². The van der Waals surface area contributed by atoms with E-state index in [-0.39, 0.29) is 0 Å². The van der Waals surface area contributed by atoms with Gasteiger partial charge in [-0.1, -0.05) is 6.42 Å². The SMILES string of the molecule is CC(F)(CC1CCCN1)C1CCC1. The molecule has 1 aliphatic heterocycles. The molecule has 0 aromatic heterocycles. The number of alkyl halides is 1. The summed E-state index contributed by atoms with van der Waals surface area (Å²) in [5.74, 6) is 0.356. The average Bonchev–Trinajstić information content (AvgIpc) is 2.32. The van der Waals surface area contributed by atoms with Gasteiger partial charge in [0.2, 0.25) is 0 Å². The van der Waals surface area contributed by atoms with Crippen LogP contribution < -0.4 is 5.32 Å². The van der Waals surface area contributed by atoms with E-state index in [1.807, 2.05) is 0 Å². The van der Waals surface area contributed by atoms with Gasteiger partial charge in [-0.05, 0) is 51.5 Å². The Balaban J connectivity index is 1.83. The molecular formula is C11H20FN. The van der Waals surface area contributed by atoms with Crippen LogP contribution >= 0.6 is 0 Å². The van der Waals surface area contributed by atoms with Crippen LogP contribution in [-0.4, -0.2) is 18.3 Å². The second-order valence-corrected chi connectivity index (χ2v) is 4.90. The maximum Gasteiger partial charge on any atom is 0.112 e. The number of hydrogen-bond acceptors (Lipinski definition) is 1. The van der Waals surface area contributed by atoms with Crippen LogP contribution in [0.1, 0.15) is 45.4 Å². The quantitative estimate of drug-likeness (QED) is 0.712. The van der Waals surface area contributed by atoms with Gasteiger partial charge >= 0.3 is 0 Å². The van der Waals surface area contributed by atoms with Gasteiger partial charge in [-0.2, -0.15) is 0 Å². The first-order valence-electron chi connectivity index (χ1n) is 5.61. The molecular weight excluding hydrogens is 165 g/mol. The Bertz CT molecular complexity index is 169. The highest BCUT2D eigenvalue weighted by molar-refractivity contribution is 4.92. The fourth-order valence-electron chi connectivity index (χ4n) is 2.59. The summed E-state index contributed by atoms with van der Waals surface area (Å²) in [6.07, 6.45) is 6.59. The standard InChI is InChI=1S/C11H20FN/c1-11(12,9-4-2-5-9)8-10-6-3-7-13-10/h9-10,13H,2-8H2,1H3.